The number of hydrogen-bond donors (Lipinski definition) is 1. The molecule has 0 fully saturated rings. The fraction of sp³-hybridized carbons (Fsp3) is 0.583. The maximum absolute atomic E-state index is 10.8. The number of ether oxygens (including phenoxy) is 1. The molecule has 0 aliphatic carbocycles. The van der Waals surface area contributed by atoms with Gasteiger partial charge in [-0.05, 0) is 30.2 Å². The Kier molecular flexibility index (Phi) is 5.49. The van der Waals surface area contributed by atoms with Crippen LogP contribution >= 0.6 is 11.3 Å². The van der Waals surface area contributed by atoms with E-state index in [1.807, 2.05) is 6.07 Å². The molecule has 0 aliphatic heterocycles. The predicted molar refractivity (Wildman–Crippen MR) is 65.0 cm³/mol. The van der Waals surface area contributed by atoms with Gasteiger partial charge >= 0.3 is 5.97 Å². The fourth-order valence-electron chi connectivity index (χ4n) is 1.41. The van der Waals surface area contributed by atoms with Gasteiger partial charge in [-0.15, -0.1) is 11.3 Å². The van der Waals surface area contributed by atoms with Crippen LogP contribution in [-0.2, 0) is 11.3 Å². The van der Waals surface area contributed by atoms with E-state index >= 15 is 0 Å². The molecule has 0 saturated carbocycles. The highest BCUT2D eigenvalue weighted by atomic mass is 32.1. The molecule has 0 atom stereocenters. The van der Waals surface area contributed by atoms with Crippen LogP contribution in [0.4, 0.5) is 0 Å². The number of aromatic carboxylic acids is 1. The minimum Gasteiger partial charge on any atom is -0.477 e. The van der Waals surface area contributed by atoms with Gasteiger partial charge in [-0.3, -0.25) is 0 Å². The summed E-state index contributed by atoms with van der Waals surface area (Å²) in [6.45, 7) is 5.47. The number of carboxylic acid groups (broad SMARTS) is 1. The van der Waals surface area contributed by atoms with Gasteiger partial charge in [0.25, 0.3) is 0 Å². The van der Waals surface area contributed by atoms with Gasteiger partial charge in [-0.25, -0.2) is 4.79 Å². The van der Waals surface area contributed by atoms with E-state index in [-0.39, 0.29) is 0 Å². The molecule has 1 aromatic rings. The van der Waals surface area contributed by atoms with E-state index in [1.165, 1.54) is 11.3 Å². The highest BCUT2D eigenvalue weighted by Crippen LogP contribution is 2.17. The lowest BCUT2D eigenvalue weighted by Gasteiger charge is -2.05. The van der Waals surface area contributed by atoms with Gasteiger partial charge < -0.3 is 9.84 Å². The average Bonchev–Trinajstić information content (AvgIpc) is 2.65. The van der Waals surface area contributed by atoms with Crippen LogP contribution in [0.15, 0.2) is 11.4 Å². The normalized spacial score (nSPS) is 10.9. The van der Waals surface area contributed by atoms with Crippen molar-refractivity contribution >= 4 is 17.3 Å². The minimum absolute atomic E-state index is 0.392. The van der Waals surface area contributed by atoms with Crippen molar-refractivity contribution in [2.24, 2.45) is 5.92 Å². The smallest absolute Gasteiger partial charge is 0.346 e. The van der Waals surface area contributed by atoms with Gasteiger partial charge in [0.1, 0.15) is 4.88 Å². The summed E-state index contributed by atoms with van der Waals surface area (Å²) in [6, 6.07) is 1.82. The third kappa shape index (κ3) is 4.33. The zero-order chi connectivity index (χ0) is 12.0. The Labute approximate surface area is 100 Å². The van der Waals surface area contributed by atoms with Gasteiger partial charge in [-0.2, -0.15) is 0 Å². The first-order valence-electron chi connectivity index (χ1n) is 5.48. The molecule has 0 radical (unpaired) electrons. The third-order valence-corrected chi connectivity index (χ3v) is 3.21. The highest BCUT2D eigenvalue weighted by Gasteiger charge is 2.11. The molecule has 4 heteroatoms. The summed E-state index contributed by atoms with van der Waals surface area (Å²) in [7, 11) is 0. The molecule has 0 saturated heterocycles. The fourth-order valence-corrected chi connectivity index (χ4v) is 2.16. The maximum Gasteiger partial charge on any atom is 0.346 e. The molecule has 16 heavy (non-hydrogen) atoms. The van der Waals surface area contributed by atoms with E-state index in [9.17, 15) is 4.79 Å². The van der Waals surface area contributed by atoms with Gasteiger partial charge in [0.15, 0.2) is 0 Å². The molecule has 1 aromatic heterocycles. The largest absolute Gasteiger partial charge is 0.477 e. The second-order valence-corrected chi connectivity index (χ2v) is 5.08. The Morgan fingerprint density at radius 2 is 2.31 bits per heavy atom. The van der Waals surface area contributed by atoms with Crippen LogP contribution in [0, 0.1) is 5.92 Å². The van der Waals surface area contributed by atoms with Crippen LogP contribution in [0.2, 0.25) is 0 Å². The standard InChI is InChI=1S/C12H18O3S/c1-9(2)4-3-6-15-8-10-5-7-16-11(10)12(13)14/h5,7,9H,3-4,6,8H2,1-2H3,(H,13,14). The van der Waals surface area contributed by atoms with Crippen molar-refractivity contribution in [2.75, 3.05) is 6.61 Å². The van der Waals surface area contributed by atoms with Gasteiger partial charge in [0, 0.05) is 12.2 Å². The zero-order valence-electron chi connectivity index (χ0n) is 9.73. The van der Waals surface area contributed by atoms with Crippen molar-refractivity contribution in [3.8, 4) is 0 Å². The van der Waals surface area contributed by atoms with Crippen LogP contribution in [0.1, 0.15) is 41.9 Å². The first kappa shape index (κ1) is 13.2. The Hall–Kier alpha value is -0.870. The monoisotopic (exact) mass is 242 g/mol. The quantitative estimate of drug-likeness (QED) is 0.745. The average molecular weight is 242 g/mol. The Morgan fingerprint density at radius 1 is 1.56 bits per heavy atom. The van der Waals surface area contributed by atoms with Gasteiger partial charge in [0.2, 0.25) is 0 Å². The van der Waals surface area contributed by atoms with Crippen LogP contribution < -0.4 is 0 Å². The second-order valence-electron chi connectivity index (χ2n) is 4.17. The van der Waals surface area contributed by atoms with Crippen molar-refractivity contribution in [1.82, 2.24) is 0 Å². The van der Waals surface area contributed by atoms with Gasteiger partial charge in [0.05, 0.1) is 6.61 Å². The molecular weight excluding hydrogens is 224 g/mol. The number of thiophene rings is 1. The molecule has 0 aromatic carbocycles. The van der Waals surface area contributed by atoms with Crippen molar-refractivity contribution in [3.63, 3.8) is 0 Å². The van der Waals surface area contributed by atoms with E-state index in [4.69, 9.17) is 9.84 Å². The maximum atomic E-state index is 10.8. The number of carbonyl (C=O) groups is 1. The Balaban J connectivity index is 2.27. The summed E-state index contributed by atoms with van der Waals surface area (Å²) in [5.41, 5.74) is 0.780. The van der Waals surface area contributed by atoms with Crippen LogP contribution in [-0.4, -0.2) is 17.7 Å². The topological polar surface area (TPSA) is 46.5 Å². The van der Waals surface area contributed by atoms with Gasteiger partial charge in [-0.1, -0.05) is 13.8 Å². The molecule has 1 heterocycles. The molecule has 90 valence electrons. The first-order valence-corrected chi connectivity index (χ1v) is 6.36. The molecule has 0 amide bonds. The van der Waals surface area contributed by atoms with Crippen molar-refractivity contribution in [3.05, 3.63) is 21.9 Å². The van der Waals surface area contributed by atoms with E-state index in [1.54, 1.807) is 5.38 Å². The summed E-state index contributed by atoms with van der Waals surface area (Å²) in [4.78, 5) is 11.2. The van der Waals surface area contributed by atoms with Crippen LogP contribution in [0.25, 0.3) is 0 Å². The Bertz CT molecular complexity index is 331. The van der Waals surface area contributed by atoms with Crippen LogP contribution in [0.5, 0.6) is 0 Å². The molecule has 0 bridgehead atoms. The summed E-state index contributed by atoms with van der Waals surface area (Å²) in [5.74, 6) is -0.171. The lowest BCUT2D eigenvalue weighted by molar-refractivity contribution is 0.0692. The Morgan fingerprint density at radius 3 is 2.94 bits per heavy atom. The van der Waals surface area contributed by atoms with Crippen molar-refractivity contribution < 1.29 is 14.6 Å². The van der Waals surface area contributed by atoms with E-state index in [2.05, 4.69) is 13.8 Å². The number of rotatable bonds is 7. The van der Waals surface area contributed by atoms with E-state index in [0.29, 0.717) is 24.0 Å². The molecule has 0 spiro atoms. The van der Waals surface area contributed by atoms with Crippen molar-refractivity contribution in [2.45, 2.75) is 33.3 Å². The summed E-state index contributed by atoms with van der Waals surface area (Å²) in [6.07, 6.45) is 2.18. The predicted octanol–water partition coefficient (Wildman–Crippen LogP) is 3.40. The lowest BCUT2D eigenvalue weighted by Crippen LogP contribution is -2.01. The molecule has 1 rings (SSSR count). The molecule has 0 unspecified atom stereocenters. The minimum atomic E-state index is -0.865. The first-order chi connectivity index (χ1) is 7.61. The molecule has 3 nitrogen and oxygen atoms in total. The van der Waals surface area contributed by atoms with Crippen LogP contribution in [0.3, 0.4) is 0 Å². The molecular formula is C12H18O3S. The summed E-state index contributed by atoms with van der Waals surface area (Å²) in [5, 5.41) is 10.7. The third-order valence-electron chi connectivity index (χ3n) is 2.27. The summed E-state index contributed by atoms with van der Waals surface area (Å²) >= 11 is 1.25. The SMILES string of the molecule is CC(C)CCCOCc1ccsc1C(=O)O. The zero-order valence-corrected chi connectivity index (χ0v) is 10.5. The summed E-state index contributed by atoms with van der Waals surface area (Å²) < 4.78 is 5.46. The van der Waals surface area contributed by atoms with Crippen molar-refractivity contribution in [1.29, 1.82) is 0 Å². The van der Waals surface area contributed by atoms with E-state index < -0.39 is 5.97 Å². The highest BCUT2D eigenvalue weighted by molar-refractivity contribution is 7.12. The molecule has 0 aliphatic rings. The second kappa shape index (κ2) is 6.66. The molecule has 1 N–H and O–H groups in total. The number of hydrogen-bond acceptors (Lipinski definition) is 3. The lowest BCUT2D eigenvalue weighted by atomic mass is 10.1. The van der Waals surface area contributed by atoms with E-state index in [0.717, 1.165) is 18.4 Å². The number of carboxylic acids is 1.